The quantitative estimate of drug-likeness (QED) is 0.808. The molecule has 2 bridgehead atoms. The molecule has 5 rings (SSSR count). The third-order valence-corrected chi connectivity index (χ3v) is 5.84. The molecule has 0 saturated heterocycles. The number of halogens is 2. The van der Waals surface area contributed by atoms with Gasteiger partial charge in [-0.05, 0) is 59.7 Å². The zero-order valence-electron chi connectivity index (χ0n) is 15.0. The first-order valence-electron chi connectivity index (χ1n) is 8.86. The lowest BCUT2D eigenvalue weighted by Gasteiger charge is -2.49. The van der Waals surface area contributed by atoms with Crippen LogP contribution in [0.2, 0.25) is 5.02 Å². The van der Waals surface area contributed by atoms with Crippen LogP contribution in [0.5, 0.6) is 0 Å². The maximum atomic E-state index is 6.68. The van der Waals surface area contributed by atoms with Gasteiger partial charge in [0.25, 0.3) is 0 Å². The predicted octanol–water partition coefficient (Wildman–Crippen LogP) is 0.296. The molecule has 2 aromatic carbocycles. The lowest BCUT2D eigenvalue weighted by Crippen LogP contribution is -3.06. The number of hydrogen-bond acceptors (Lipinski definition) is 1. The number of benzene rings is 2. The Labute approximate surface area is 161 Å². The second-order valence-electron chi connectivity index (χ2n) is 7.50. The Morgan fingerprint density at radius 3 is 2.72 bits per heavy atom. The molecule has 0 heterocycles. The zero-order chi connectivity index (χ0) is 16.9. The van der Waals surface area contributed by atoms with Crippen molar-refractivity contribution in [2.24, 2.45) is 0 Å². The number of quaternary nitrogens is 1. The summed E-state index contributed by atoms with van der Waals surface area (Å²) >= 11 is 6.39. The number of ether oxygens (including phenoxy) is 1. The molecule has 0 fully saturated rings. The molecule has 134 valence electrons. The Hall–Kier alpha value is -1.06. The van der Waals surface area contributed by atoms with Gasteiger partial charge in [-0.3, -0.25) is 0 Å². The molecule has 0 aliphatic heterocycles. The molecule has 0 amide bonds. The van der Waals surface area contributed by atoms with Gasteiger partial charge in [-0.15, -0.1) is 0 Å². The van der Waals surface area contributed by atoms with Gasteiger partial charge < -0.3 is 22.0 Å². The summed E-state index contributed by atoms with van der Waals surface area (Å²) in [6.07, 6.45) is 2.20. The lowest BCUT2D eigenvalue weighted by molar-refractivity contribution is -0.859. The van der Waals surface area contributed by atoms with Crippen LogP contribution in [-0.2, 0) is 10.3 Å². The number of likely N-dealkylation sites (N-methyl/N-ethyl adjacent to an activating group) is 1. The fraction of sp³-hybridized carbons (Fsp3) is 0.429. The minimum atomic E-state index is -0.301. The van der Waals surface area contributed by atoms with E-state index >= 15 is 0 Å². The van der Waals surface area contributed by atoms with E-state index in [0.29, 0.717) is 5.92 Å². The zero-order valence-corrected chi connectivity index (χ0v) is 16.5. The second-order valence-corrected chi connectivity index (χ2v) is 7.93. The molecule has 0 saturated carbocycles. The highest BCUT2D eigenvalue weighted by atomic mass is 35.5. The van der Waals surface area contributed by atoms with Crippen LogP contribution in [0.15, 0.2) is 36.4 Å². The highest BCUT2D eigenvalue weighted by Crippen LogP contribution is 2.58. The molecule has 0 spiro atoms. The first-order valence-corrected chi connectivity index (χ1v) is 9.23. The number of aryl methyl sites for hydroxylation is 1. The number of rotatable bonds is 4. The van der Waals surface area contributed by atoms with Crippen molar-refractivity contribution >= 4 is 11.6 Å². The summed E-state index contributed by atoms with van der Waals surface area (Å²) in [6.45, 7) is 3.95. The molecule has 0 aromatic heterocycles. The number of hydrogen-bond donors (Lipinski definition) is 1. The minimum Gasteiger partial charge on any atom is -1.00 e. The van der Waals surface area contributed by atoms with Gasteiger partial charge in [0.1, 0.15) is 12.1 Å². The molecule has 3 aliphatic carbocycles. The SMILES string of the molecule is Cc1cc(Cl)cc2c1C1(OCC[NH+](C)C)CCC2c2ccccc21.[Cl-]. The molecular weight excluding hydrogens is 353 g/mol. The fourth-order valence-corrected chi connectivity index (χ4v) is 4.92. The summed E-state index contributed by atoms with van der Waals surface area (Å²) in [5, 5.41) is 0.837. The van der Waals surface area contributed by atoms with E-state index in [-0.39, 0.29) is 18.0 Å². The normalized spacial score (nSPS) is 23.2. The Kier molecular flexibility index (Phi) is 5.18. The van der Waals surface area contributed by atoms with E-state index in [1.165, 1.54) is 32.7 Å². The third kappa shape index (κ3) is 2.90. The topological polar surface area (TPSA) is 13.7 Å². The third-order valence-electron chi connectivity index (χ3n) is 5.62. The van der Waals surface area contributed by atoms with Crippen molar-refractivity contribution in [2.75, 3.05) is 27.2 Å². The van der Waals surface area contributed by atoms with Gasteiger partial charge in [-0.25, -0.2) is 0 Å². The van der Waals surface area contributed by atoms with Gasteiger partial charge >= 0.3 is 0 Å². The molecule has 2 aromatic rings. The maximum Gasteiger partial charge on any atom is 0.119 e. The minimum absolute atomic E-state index is 0. The van der Waals surface area contributed by atoms with Crippen molar-refractivity contribution in [1.82, 2.24) is 0 Å². The molecule has 4 heteroatoms. The summed E-state index contributed by atoms with van der Waals surface area (Å²) < 4.78 is 6.68. The Bertz CT molecular complexity index is 789. The van der Waals surface area contributed by atoms with Crippen LogP contribution in [0.1, 0.15) is 46.6 Å². The van der Waals surface area contributed by atoms with E-state index in [4.69, 9.17) is 16.3 Å². The van der Waals surface area contributed by atoms with Crippen LogP contribution in [-0.4, -0.2) is 27.2 Å². The molecule has 0 radical (unpaired) electrons. The van der Waals surface area contributed by atoms with Gasteiger partial charge in [0, 0.05) is 10.9 Å². The Balaban J connectivity index is 0.00000182. The highest BCUT2D eigenvalue weighted by Gasteiger charge is 2.50. The van der Waals surface area contributed by atoms with Crippen LogP contribution >= 0.6 is 11.6 Å². The maximum absolute atomic E-state index is 6.68. The van der Waals surface area contributed by atoms with Gasteiger partial charge in [0.05, 0.1) is 20.7 Å². The van der Waals surface area contributed by atoms with E-state index in [0.717, 1.165) is 31.0 Å². The van der Waals surface area contributed by atoms with Crippen molar-refractivity contribution < 1.29 is 22.0 Å². The van der Waals surface area contributed by atoms with Gasteiger partial charge in [0.2, 0.25) is 0 Å². The summed E-state index contributed by atoms with van der Waals surface area (Å²) in [5.41, 5.74) is 6.50. The standard InChI is InChI=1S/C21H24ClNO.ClH/c1-14-12-15(22)13-18-16-8-9-21(20(14)18,24-11-10-23(2)3)19-7-5-4-6-17(16)19;/h4-7,12-13,16H,8-11H2,1-3H3;1H. The fourth-order valence-electron chi connectivity index (χ4n) is 4.64. The molecule has 3 aliphatic rings. The van der Waals surface area contributed by atoms with Gasteiger partial charge in [-0.1, -0.05) is 35.9 Å². The average molecular weight is 378 g/mol. The summed E-state index contributed by atoms with van der Waals surface area (Å²) in [7, 11) is 4.34. The number of fused-ring (bicyclic) bond motifs is 1. The van der Waals surface area contributed by atoms with Gasteiger partial charge in [-0.2, -0.15) is 0 Å². The first-order chi connectivity index (χ1) is 11.5. The smallest absolute Gasteiger partial charge is 0.119 e. The van der Waals surface area contributed by atoms with E-state index in [9.17, 15) is 0 Å². The van der Waals surface area contributed by atoms with Crippen LogP contribution < -0.4 is 17.3 Å². The molecule has 25 heavy (non-hydrogen) atoms. The van der Waals surface area contributed by atoms with Crippen molar-refractivity contribution in [3.63, 3.8) is 0 Å². The molecule has 1 N–H and O–H groups in total. The van der Waals surface area contributed by atoms with Crippen LogP contribution in [0.25, 0.3) is 0 Å². The van der Waals surface area contributed by atoms with Gasteiger partial charge in [0.15, 0.2) is 0 Å². The Morgan fingerprint density at radius 1 is 1.20 bits per heavy atom. The van der Waals surface area contributed by atoms with E-state index in [2.05, 4.69) is 57.4 Å². The van der Waals surface area contributed by atoms with Crippen LogP contribution in [0.4, 0.5) is 0 Å². The second kappa shape index (κ2) is 6.92. The molecule has 2 atom stereocenters. The average Bonchev–Trinajstić information content (AvgIpc) is 2.54. The van der Waals surface area contributed by atoms with Crippen molar-refractivity contribution in [3.05, 3.63) is 69.2 Å². The predicted molar refractivity (Wildman–Crippen MR) is 98.1 cm³/mol. The van der Waals surface area contributed by atoms with Crippen LogP contribution in [0.3, 0.4) is 0 Å². The molecular formula is C21H25Cl2NO. The first kappa shape index (κ1) is 18.7. The van der Waals surface area contributed by atoms with Crippen molar-refractivity contribution in [1.29, 1.82) is 0 Å². The largest absolute Gasteiger partial charge is 1.00 e. The van der Waals surface area contributed by atoms with Crippen LogP contribution in [0, 0.1) is 6.92 Å². The van der Waals surface area contributed by atoms with Crippen molar-refractivity contribution in [2.45, 2.75) is 31.3 Å². The molecule has 2 nitrogen and oxygen atoms in total. The van der Waals surface area contributed by atoms with E-state index in [1.54, 1.807) is 0 Å². The molecule has 2 unspecified atom stereocenters. The van der Waals surface area contributed by atoms with Crippen molar-refractivity contribution in [3.8, 4) is 0 Å². The van der Waals surface area contributed by atoms with E-state index in [1.807, 2.05) is 0 Å². The lowest BCUT2D eigenvalue weighted by atomic mass is 9.60. The monoisotopic (exact) mass is 377 g/mol. The highest BCUT2D eigenvalue weighted by molar-refractivity contribution is 6.30. The Morgan fingerprint density at radius 2 is 1.96 bits per heavy atom. The summed E-state index contributed by atoms with van der Waals surface area (Å²) in [4.78, 5) is 1.41. The summed E-state index contributed by atoms with van der Waals surface area (Å²) in [6, 6.07) is 13.1. The summed E-state index contributed by atoms with van der Waals surface area (Å²) in [5.74, 6) is 0.457. The number of nitrogens with one attached hydrogen (secondary N) is 1. The van der Waals surface area contributed by atoms with E-state index < -0.39 is 0 Å².